The van der Waals surface area contributed by atoms with Gasteiger partial charge >= 0.3 is 0 Å². The molecule has 0 N–H and O–H groups in total. The quantitative estimate of drug-likeness (QED) is 0.560. The highest BCUT2D eigenvalue weighted by atomic mass is 16.7. The Morgan fingerprint density at radius 3 is 2.85 bits per heavy atom. The lowest BCUT2D eigenvalue weighted by Crippen LogP contribution is -2.35. The predicted octanol–water partition coefficient (Wildman–Crippen LogP) is 1.77. The Labute approximate surface area is 149 Å². The number of benzene rings is 1. The number of rotatable bonds is 6. The molecule has 1 aromatic carbocycles. The first kappa shape index (κ1) is 17.8. The number of hydrogen-bond donors (Lipinski definition) is 0. The van der Waals surface area contributed by atoms with Crippen molar-refractivity contribution in [3.05, 3.63) is 56.3 Å². The number of nitro groups is 2. The van der Waals surface area contributed by atoms with Crippen LogP contribution in [0, 0.1) is 26.1 Å². The third-order valence-electron chi connectivity index (χ3n) is 4.35. The number of hydrazone groups is 1. The summed E-state index contributed by atoms with van der Waals surface area (Å²) in [6, 6.07) is 6.19. The number of nitro benzene ring substituents is 1. The minimum atomic E-state index is -0.701. The van der Waals surface area contributed by atoms with Gasteiger partial charge in [-0.15, -0.1) is 0 Å². The van der Waals surface area contributed by atoms with Gasteiger partial charge in [0.2, 0.25) is 0 Å². The number of non-ortho nitro benzene ring substituents is 1. The second kappa shape index (κ2) is 7.91. The largest absolute Gasteiger partial charge is 0.381 e. The van der Waals surface area contributed by atoms with E-state index in [1.165, 1.54) is 12.1 Å². The van der Waals surface area contributed by atoms with Crippen molar-refractivity contribution in [3.8, 4) is 0 Å². The summed E-state index contributed by atoms with van der Waals surface area (Å²) in [6.07, 6.45) is 4.29. The smallest absolute Gasteiger partial charge is 0.278 e. The van der Waals surface area contributed by atoms with Gasteiger partial charge in [-0.1, -0.05) is 12.1 Å². The van der Waals surface area contributed by atoms with Crippen LogP contribution in [0.2, 0.25) is 0 Å². The molecule has 138 valence electrons. The van der Waals surface area contributed by atoms with Crippen molar-refractivity contribution in [1.82, 2.24) is 9.80 Å². The molecule has 26 heavy (non-hydrogen) atoms. The Kier molecular flexibility index (Phi) is 5.42. The molecule has 1 aromatic rings. The molecule has 0 aliphatic carbocycles. The van der Waals surface area contributed by atoms with Gasteiger partial charge in [0.25, 0.3) is 11.6 Å². The third kappa shape index (κ3) is 4.33. The van der Waals surface area contributed by atoms with E-state index in [4.69, 9.17) is 4.74 Å². The topological polar surface area (TPSA) is 114 Å². The van der Waals surface area contributed by atoms with Gasteiger partial charge < -0.3 is 14.5 Å². The Balaban J connectivity index is 1.74. The lowest BCUT2D eigenvalue weighted by molar-refractivity contribution is -0.486. The second-order valence-corrected chi connectivity index (χ2v) is 6.17. The molecule has 0 spiro atoms. The molecular weight excluding hydrogens is 342 g/mol. The number of nitrogens with zero attached hydrogens (tertiary/aromatic N) is 5. The molecule has 10 nitrogen and oxygen atoms in total. The first-order valence-corrected chi connectivity index (χ1v) is 8.28. The summed E-state index contributed by atoms with van der Waals surface area (Å²) in [7, 11) is 0. The molecule has 3 rings (SSSR count). The van der Waals surface area contributed by atoms with E-state index in [0.717, 1.165) is 13.0 Å². The molecule has 0 bridgehead atoms. The Hall–Kier alpha value is -3.01. The fraction of sp³-hybridized carbons (Fsp3) is 0.438. The number of ether oxygens (including phenoxy) is 1. The van der Waals surface area contributed by atoms with E-state index in [2.05, 4.69) is 5.10 Å². The molecule has 0 saturated carbocycles. The standard InChI is InChI=1S/C16H19N5O5/c22-20(23)15-3-1-2-13(10-15)4-6-18-7-8-19(16(18)17-21(24)25)11-14-5-9-26-12-14/h1-4,6,10,14H,5,7-9,11-12H2. The van der Waals surface area contributed by atoms with Crippen molar-refractivity contribution >= 4 is 17.7 Å². The van der Waals surface area contributed by atoms with E-state index >= 15 is 0 Å². The molecule has 2 aliphatic heterocycles. The molecule has 1 atom stereocenters. The fourth-order valence-corrected chi connectivity index (χ4v) is 3.08. The van der Waals surface area contributed by atoms with Crippen molar-refractivity contribution in [1.29, 1.82) is 0 Å². The summed E-state index contributed by atoms with van der Waals surface area (Å²) >= 11 is 0. The number of hydrogen-bond acceptors (Lipinski definition) is 5. The Morgan fingerprint density at radius 1 is 1.31 bits per heavy atom. The van der Waals surface area contributed by atoms with Crippen molar-refractivity contribution in [2.24, 2.45) is 11.0 Å². The van der Waals surface area contributed by atoms with Gasteiger partial charge in [0.15, 0.2) is 5.03 Å². The maximum Gasteiger partial charge on any atom is 0.278 e. The van der Waals surface area contributed by atoms with Gasteiger partial charge in [-0.3, -0.25) is 10.1 Å². The monoisotopic (exact) mass is 361 g/mol. The van der Waals surface area contributed by atoms with Crippen molar-refractivity contribution in [3.63, 3.8) is 0 Å². The first-order chi connectivity index (χ1) is 12.5. The zero-order valence-corrected chi connectivity index (χ0v) is 14.1. The number of guanidine groups is 1. The minimum Gasteiger partial charge on any atom is -0.381 e. The predicted molar refractivity (Wildman–Crippen MR) is 93.8 cm³/mol. The summed E-state index contributed by atoms with van der Waals surface area (Å²) in [5.41, 5.74) is 0.637. The maximum atomic E-state index is 10.9. The molecule has 10 heteroatoms. The van der Waals surface area contributed by atoms with Crippen molar-refractivity contribution in [2.75, 3.05) is 32.8 Å². The van der Waals surface area contributed by atoms with Gasteiger partial charge in [-0.05, 0) is 18.1 Å². The summed E-state index contributed by atoms with van der Waals surface area (Å²) in [5, 5.41) is 24.6. The highest BCUT2D eigenvalue weighted by Gasteiger charge is 2.31. The lowest BCUT2D eigenvalue weighted by atomic mass is 10.1. The normalized spacial score (nSPS) is 21.8. The van der Waals surface area contributed by atoms with Crippen LogP contribution in [-0.4, -0.2) is 58.6 Å². The highest BCUT2D eigenvalue weighted by molar-refractivity contribution is 5.83. The van der Waals surface area contributed by atoms with Crippen LogP contribution in [0.4, 0.5) is 5.69 Å². The van der Waals surface area contributed by atoms with E-state index in [-0.39, 0.29) is 11.6 Å². The molecule has 1 unspecified atom stereocenters. The van der Waals surface area contributed by atoms with Gasteiger partial charge in [-0.2, -0.15) is 0 Å². The first-order valence-electron chi connectivity index (χ1n) is 8.28. The van der Waals surface area contributed by atoms with Crippen molar-refractivity contribution in [2.45, 2.75) is 6.42 Å². The average molecular weight is 361 g/mol. The van der Waals surface area contributed by atoms with Crippen LogP contribution in [-0.2, 0) is 4.74 Å². The van der Waals surface area contributed by atoms with E-state index in [1.807, 2.05) is 4.90 Å². The van der Waals surface area contributed by atoms with Crippen LogP contribution in [0.5, 0.6) is 0 Å². The maximum absolute atomic E-state index is 10.9. The van der Waals surface area contributed by atoms with Crippen molar-refractivity contribution < 1.29 is 14.7 Å². The molecule has 2 saturated heterocycles. The van der Waals surface area contributed by atoms with E-state index < -0.39 is 9.96 Å². The zero-order valence-electron chi connectivity index (χ0n) is 14.1. The average Bonchev–Trinajstić information content (AvgIpc) is 3.24. The van der Waals surface area contributed by atoms with Crippen LogP contribution in [0.15, 0.2) is 35.6 Å². The molecule has 0 radical (unpaired) electrons. The molecule has 2 fully saturated rings. The van der Waals surface area contributed by atoms with Gasteiger partial charge in [-0.25, -0.2) is 10.1 Å². The summed E-state index contributed by atoms with van der Waals surface area (Å²) in [4.78, 5) is 24.9. The van der Waals surface area contributed by atoms with Crippen LogP contribution >= 0.6 is 0 Å². The fourth-order valence-electron chi connectivity index (χ4n) is 3.08. The summed E-state index contributed by atoms with van der Waals surface area (Å²) in [5.74, 6) is 0.622. The lowest BCUT2D eigenvalue weighted by Gasteiger charge is -2.21. The van der Waals surface area contributed by atoms with Gasteiger partial charge in [0.05, 0.1) is 11.5 Å². The van der Waals surface area contributed by atoms with Crippen LogP contribution in [0.25, 0.3) is 6.08 Å². The van der Waals surface area contributed by atoms with Crippen LogP contribution in [0.1, 0.15) is 12.0 Å². The van der Waals surface area contributed by atoms with E-state index in [0.29, 0.717) is 37.7 Å². The molecule has 0 amide bonds. The summed E-state index contributed by atoms with van der Waals surface area (Å²) in [6.45, 7) is 3.23. The van der Waals surface area contributed by atoms with E-state index in [9.17, 15) is 20.2 Å². The summed E-state index contributed by atoms with van der Waals surface area (Å²) < 4.78 is 5.36. The zero-order chi connectivity index (χ0) is 18.5. The van der Waals surface area contributed by atoms with Crippen LogP contribution in [0.3, 0.4) is 0 Å². The Morgan fingerprint density at radius 2 is 2.15 bits per heavy atom. The SMILES string of the molecule is O=[N+]([O-])N=C1N(C=Cc2cccc([N+](=O)[O-])c2)CCN1CC1CCOC1. The Bertz CT molecular complexity index is 744. The molecule has 2 aliphatic rings. The van der Waals surface area contributed by atoms with Gasteiger partial charge in [0.1, 0.15) is 5.10 Å². The molecule has 2 heterocycles. The molecular formula is C16H19N5O5. The van der Waals surface area contributed by atoms with Crippen LogP contribution < -0.4 is 0 Å². The third-order valence-corrected chi connectivity index (χ3v) is 4.35. The second-order valence-electron chi connectivity index (χ2n) is 6.17. The highest BCUT2D eigenvalue weighted by Crippen LogP contribution is 2.19. The minimum absolute atomic E-state index is 0.00406. The molecule has 0 aromatic heterocycles. The van der Waals surface area contributed by atoms with E-state index in [1.54, 1.807) is 29.3 Å². The van der Waals surface area contributed by atoms with Gasteiger partial charge in [0, 0.05) is 50.5 Å².